The molecule has 0 atom stereocenters. The Morgan fingerprint density at radius 2 is 1.78 bits per heavy atom. The first-order valence-electron chi connectivity index (χ1n) is 14.4. The number of nitrogens with zero attached hydrogens (tertiary/aromatic N) is 3. The van der Waals surface area contributed by atoms with Gasteiger partial charge in [0.15, 0.2) is 0 Å². The zero-order valence-electron chi connectivity index (χ0n) is 21.6. The van der Waals surface area contributed by atoms with Crippen LogP contribution in [0.1, 0.15) is 80.7 Å². The molecule has 1 saturated carbocycles. The second kappa shape index (κ2) is 9.62. The molecular weight excluding hydrogens is 524 g/mol. The third kappa shape index (κ3) is 4.02. The average Bonchev–Trinajstić information content (AvgIpc) is 3.18. The highest BCUT2D eigenvalue weighted by atomic mass is 79.9. The summed E-state index contributed by atoms with van der Waals surface area (Å²) in [6, 6.07) is 13.4. The van der Waals surface area contributed by atoms with Gasteiger partial charge >= 0.3 is 0 Å². The molecule has 1 spiro atoms. The summed E-state index contributed by atoms with van der Waals surface area (Å²) in [6.07, 6.45) is 11.0. The van der Waals surface area contributed by atoms with E-state index >= 15 is 0 Å². The van der Waals surface area contributed by atoms with Crippen LogP contribution in [0, 0.1) is 5.92 Å². The van der Waals surface area contributed by atoms with Crippen LogP contribution >= 0.6 is 15.9 Å². The normalized spacial score (nSPS) is 22.4. The van der Waals surface area contributed by atoms with Crippen molar-refractivity contribution in [2.75, 3.05) is 32.7 Å². The van der Waals surface area contributed by atoms with Crippen LogP contribution in [0.4, 0.5) is 0 Å². The van der Waals surface area contributed by atoms with Crippen molar-refractivity contribution in [2.45, 2.75) is 69.1 Å². The van der Waals surface area contributed by atoms with E-state index in [4.69, 9.17) is 4.98 Å². The smallest absolute Gasteiger partial charge is 0.281 e. The fourth-order valence-electron chi connectivity index (χ4n) is 7.83. The number of nitrogens with one attached hydrogen (secondary N) is 1. The van der Waals surface area contributed by atoms with E-state index in [1.54, 1.807) is 0 Å². The monoisotopic (exact) mass is 560 g/mol. The Balaban J connectivity index is 1.25. The van der Waals surface area contributed by atoms with Gasteiger partial charge in [-0.2, -0.15) is 4.98 Å². The van der Waals surface area contributed by atoms with Gasteiger partial charge in [-0.15, -0.1) is 0 Å². The molecule has 3 fully saturated rings. The molecular formula is C31H37BrN4O. The molecule has 7 rings (SSSR count). The van der Waals surface area contributed by atoms with Gasteiger partial charge in [0.1, 0.15) is 5.82 Å². The van der Waals surface area contributed by atoms with Crippen molar-refractivity contribution in [2.24, 2.45) is 5.92 Å². The second-order valence-electron chi connectivity index (χ2n) is 11.9. The lowest BCUT2D eigenvalue weighted by atomic mass is 9.69. The largest absolute Gasteiger partial charge is 0.317 e. The van der Waals surface area contributed by atoms with Gasteiger partial charge in [0.25, 0.3) is 5.56 Å². The van der Waals surface area contributed by atoms with E-state index in [0.29, 0.717) is 11.3 Å². The Morgan fingerprint density at radius 1 is 1.00 bits per heavy atom. The minimum atomic E-state index is -0.125. The van der Waals surface area contributed by atoms with Crippen molar-refractivity contribution in [1.82, 2.24) is 19.8 Å². The molecule has 194 valence electrons. The number of hydrogen-bond donors (Lipinski definition) is 1. The molecule has 1 N–H and O–H groups in total. The fourth-order valence-corrected chi connectivity index (χ4v) is 8.36. The average molecular weight is 562 g/mol. The van der Waals surface area contributed by atoms with Crippen molar-refractivity contribution in [3.63, 3.8) is 0 Å². The number of halogens is 1. The first-order valence-corrected chi connectivity index (χ1v) is 15.2. The van der Waals surface area contributed by atoms with Gasteiger partial charge in [0.2, 0.25) is 0 Å². The highest BCUT2D eigenvalue weighted by Crippen LogP contribution is 2.52. The van der Waals surface area contributed by atoms with Crippen LogP contribution in [0.3, 0.4) is 0 Å². The molecule has 2 aromatic carbocycles. The zero-order valence-corrected chi connectivity index (χ0v) is 23.2. The molecule has 0 radical (unpaired) electrons. The van der Waals surface area contributed by atoms with Crippen LogP contribution in [-0.4, -0.2) is 47.2 Å². The second-order valence-corrected chi connectivity index (χ2v) is 12.8. The molecule has 5 nitrogen and oxygen atoms in total. The standard InChI is InChI=1S/C31H37BrN4O/c32-25-5-4-6-26-28(25)29(37)34-30-31(13-2-1-3-14-31)24-8-7-23(19-27(24)36(26)30)22-11-17-35(18-12-22)20-21-9-15-33-16-10-21/h4-8,19,21-22,33H,1-3,9-18,20H2. The molecule has 2 saturated heterocycles. The van der Waals surface area contributed by atoms with E-state index in [9.17, 15) is 4.79 Å². The predicted molar refractivity (Wildman–Crippen MR) is 153 cm³/mol. The van der Waals surface area contributed by atoms with Gasteiger partial charge in [-0.05, 0) is 122 Å². The van der Waals surface area contributed by atoms with Crippen LogP contribution in [0.2, 0.25) is 0 Å². The number of likely N-dealkylation sites (tertiary alicyclic amines) is 1. The highest BCUT2D eigenvalue weighted by Gasteiger charge is 2.46. The van der Waals surface area contributed by atoms with Crippen molar-refractivity contribution < 1.29 is 0 Å². The molecule has 3 aromatic rings. The van der Waals surface area contributed by atoms with Crippen LogP contribution < -0.4 is 10.9 Å². The maximum absolute atomic E-state index is 13.3. The Hall–Kier alpha value is -2.02. The van der Waals surface area contributed by atoms with Crippen LogP contribution in [0.5, 0.6) is 0 Å². The van der Waals surface area contributed by atoms with E-state index in [2.05, 4.69) is 55.0 Å². The summed E-state index contributed by atoms with van der Waals surface area (Å²) in [5.41, 5.74) is 4.87. The quantitative estimate of drug-likeness (QED) is 0.433. The number of piperidine rings is 2. The van der Waals surface area contributed by atoms with E-state index in [1.807, 2.05) is 12.1 Å². The topological polar surface area (TPSA) is 50.2 Å². The summed E-state index contributed by atoms with van der Waals surface area (Å²) in [4.78, 5) is 20.8. The van der Waals surface area contributed by atoms with Gasteiger partial charge in [-0.3, -0.25) is 9.36 Å². The van der Waals surface area contributed by atoms with E-state index in [-0.39, 0.29) is 11.0 Å². The summed E-state index contributed by atoms with van der Waals surface area (Å²) in [5, 5.41) is 4.20. The number of fused-ring (bicyclic) bond motifs is 7. The summed E-state index contributed by atoms with van der Waals surface area (Å²) < 4.78 is 3.18. The van der Waals surface area contributed by atoms with Gasteiger partial charge in [-0.1, -0.05) is 37.5 Å². The van der Waals surface area contributed by atoms with Crippen molar-refractivity contribution in [3.8, 4) is 5.69 Å². The minimum Gasteiger partial charge on any atom is -0.317 e. The van der Waals surface area contributed by atoms with Gasteiger partial charge < -0.3 is 10.2 Å². The molecule has 1 aliphatic carbocycles. The third-order valence-electron chi connectivity index (χ3n) is 9.81. The molecule has 6 heteroatoms. The molecule has 3 aliphatic heterocycles. The molecule has 0 unspecified atom stereocenters. The van der Waals surface area contributed by atoms with E-state index in [0.717, 1.165) is 34.6 Å². The first-order chi connectivity index (χ1) is 18.1. The highest BCUT2D eigenvalue weighted by molar-refractivity contribution is 9.10. The minimum absolute atomic E-state index is 0.104. The third-order valence-corrected chi connectivity index (χ3v) is 10.5. The number of rotatable bonds is 3. The van der Waals surface area contributed by atoms with Crippen LogP contribution in [0.15, 0.2) is 45.7 Å². The Labute approximate surface area is 227 Å². The van der Waals surface area contributed by atoms with Crippen LogP contribution in [-0.2, 0) is 5.41 Å². The summed E-state index contributed by atoms with van der Waals surface area (Å²) in [6.45, 7) is 6.05. The Kier molecular flexibility index (Phi) is 6.25. The maximum atomic E-state index is 13.3. The van der Waals surface area contributed by atoms with Gasteiger partial charge in [0.05, 0.1) is 22.0 Å². The summed E-state index contributed by atoms with van der Waals surface area (Å²) in [7, 11) is 0. The number of hydrogen-bond acceptors (Lipinski definition) is 4. The van der Waals surface area contributed by atoms with Crippen molar-refractivity contribution in [3.05, 3.63) is 68.2 Å². The predicted octanol–water partition coefficient (Wildman–Crippen LogP) is 5.89. The number of aromatic nitrogens is 2. The molecule has 0 bridgehead atoms. The van der Waals surface area contributed by atoms with Gasteiger partial charge in [0, 0.05) is 11.0 Å². The first kappa shape index (κ1) is 24.1. The van der Waals surface area contributed by atoms with Crippen LogP contribution in [0.25, 0.3) is 16.6 Å². The molecule has 4 aliphatic rings. The van der Waals surface area contributed by atoms with E-state index in [1.165, 1.54) is 94.5 Å². The Bertz CT molecular complexity index is 1380. The molecule has 37 heavy (non-hydrogen) atoms. The van der Waals surface area contributed by atoms with E-state index < -0.39 is 0 Å². The lowest BCUT2D eigenvalue weighted by Gasteiger charge is -2.36. The lowest BCUT2D eigenvalue weighted by molar-refractivity contribution is 0.167. The maximum Gasteiger partial charge on any atom is 0.281 e. The SMILES string of the molecule is O=c1nc2n(c3cccc(Br)c13)-c1cc(C3CCN(CC4CCNCC4)CC3)ccc1C21CCCCC1. The fraction of sp³-hybridized carbons (Fsp3) is 0.548. The molecule has 1 aromatic heterocycles. The van der Waals surface area contributed by atoms with Gasteiger partial charge in [-0.25, -0.2) is 0 Å². The summed E-state index contributed by atoms with van der Waals surface area (Å²) in [5.74, 6) is 2.45. The molecule has 4 heterocycles. The lowest BCUT2D eigenvalue weighted by Crippen LogP contribution is -2.39. The number of benzene rings is 2. The molecule has 0 amide bonds. The summed E-state index contributed by atoms with van der Waals surface area (Å²) >= 11 is 3.64. The zero-order chi connectivity index (χ0) is 25.0. The Morgan fingerprint density at radius 3 is 2.57 bits per heavy atom. The van der Waals surface area contributed by atoms with Crippen molar-refractivity contribution in [1.29, 1.82) is 0 Å². The van der Waals surface area contributed by atoms with Crippen molar-refractivity contribution >= 4 is 26.8 Å².